The van der Waals surface area contributed by atoms with Crippen LogP contribution < -0.4 is 10.1 Å². The van der Waals surface area contributed by atoms with Crippen molar-refractivity contribution in [3.63, 3.8) is 0 Å². The maximum atomic E-state index is 5.49. The molecule has 130 valence electrons. The van der Waals surface area contributed by atoms with Crippen molar-refractivity contribution in [2.75, 3.05) is 33.3 Å². The Hall–Kier alpha value is -1.88. The molecule has 4 heteroatoms. The van der Waals surface area contributed by atoms with E-state index in [4.69, 9.17) is 4.74 Å². The summed E-state index contributed by atoms with van der Waals surface area (Å²) in [5.41, 5.74) is 2.72. The lowest BCUT2D eigenvalue weighted by atomic mass is 9.96. The first-order valence-corrected chi connectivity index (χ1v) is 9.79. The number of hydrogen-bond acceptors (Lipinski definition) is 4. The van der Waals surface area contributed by atoms with Crippen LogP contribution in [0.1, 0.15) is 23.6 Å². The Bertz CT molecular complexity index is 837. The average Bonchev–Trinajstić information content (AvgIpc) is 2.89. The van der Waals surface area contributed by atoms with Crippen molar-refractivity contribution >= 4 is 21.4 Å². The lowest BCUT2D eigenvalue weighted by Gasteiger charge is -2.31. The molecule has 1 N–H and O–H groups in total. The van der Waals surface area contributed by atoms with Gasteiger partial charge < -0.3 is 10.1 Å². The molecule has 1 fully saturated rings. The predicted molar refractivity (Wildman–Crippen MR) is 106 cm³/mol. The van der Waals surface area contributed by atoms with Crippen molar-refractivity contribution in [1.82, 2.24) is 10.2 Å². The molecule has 25 heavy (non-hydrogen) atoms. The van der Waals surface area contributed by atoms with Gasteiger partial charge in [0.25, 0.3) is 0 Å². The van der Waals surface area contributed by atoms with E-state index < -0.39 is 0 Å². The van der Waals surface area contributed by atoms with Crippen LogP contribution in [-0.4, -0.2) is 38.2 Å². The molecule has 1 saturated heterocycles. The molecule has 3 aromatic rings. The molecule has 1 aliphatic rings. The third-order valence-corrected chi connectivity index (χ3v) is 5.94. The van der Waals surface area contributed by atoms with E-state index in [0.29, 0.717) is 0 Å². The van der Waals surface area contributed by atoms with Gasteiger partial charge in [-0.05, 0) is 53.1 Å². The number of thiophene rings is 1. The first-order valence-electron chi connectivity index (χ1n) is 8.91. The quantitative estimate of drug-likeness (QED) is 0.758. The number of methoxy groups -OCH3 is 1. The largest absolute Gasteiger partial charge is 0.497 e. The predicted octanol–water partition coefficient (Wildman–Crippen LogP) is 4.29. The summed E-state index contributed by atoms with van der Waals surface area (Å²) in [6.07, 6.45) is 1.18. The van der Waals surface area contributed by atoms with Gasteiger partial charge in [0.2, 0.25) is 0 Å². The SMILES string of the molecule is COc1cccc(C(c2csc3ccccc23)N2CCCNCC2)c1. The highest BCUT2D eigenvalue weighted by molar-refractivity contribution is 7.17. The summed E-state index contributed by atoms with van der Waals surface area (Å²) >= 11 is 1.84. The summed E-state index contributed by atoms with van der Waals surface area (Å²) in [5, 5.41) is 7.24. The van der Waals surface area contributed by atoms with E-state index in [-0.39, 0.29) is 6.04 Å². The number of rotatable bonds is 4. The monoisotopic (exact) mass is 352 g/mol. The molecule has 0 amide bonds. The molecule has 1 aliphatic heterocycles. The van der Waals surface area contributed by atoms with Crippen LogP contribution in [0.3, 0.4) is 0 Å². The molecule has 3 nitrogen and oxygen atoms in total. The number of hydrogen-bond donors (Lipinski definition) is 1. The Labute approximate surface area is 153 Å². The van der Waals surface area contributed by atoms with Crippen LogP contribution in [-0.2, 0) is 0 Å². The first kappa shape index (κ1) is 16.6. The molecule has 4 rings (SSSR count). The lowest BCUT2D eigenvalue weighted by molar-refractivity contribution is 0.242. The fourth-order valence-electron chi connectivity index (χ4n) is 3.73. The van der Waals surface area contributed by atoms with Crippen molar-refractivity contribution in [2.24, 2.45) is 0 Å². The summed E-state index contributed by atoms with van der Waals surface area (Å²) in [4.78, 5) is 2.61. The Morgan fingerprint density at radius 3 is 2.92 bits per heavy atom. The number of fused-ring (bicyclic) bond motifs is 1. The minimum atomic E-state index is 0.270. The second kappa shape index (κ2) is 7.56. The van der Waals surface area contributed by atoms with E-state index in [1.54, 1.807) is 7.11 Å². The topological polar surface area (TPSA) is 24.5 Å². The van der Waals surface area contributed by atoms with Gasteiger partial charge in [-0.25, -0.2) is 0 Å². The summed E-state index contributed by atoms with van der Waals surface area (Å²) < 4.78 is 6.85. The van der Waals surface area contributed by atoms with Gasteiger partial charge in [0.1, 0.15) is 5.75 Å². The van der Waals surface area contributed by atoms with Crippen molar-refractivity contribution in [2.45, 2.75) is 12.5 Å². The van der Waals surface area contributed by atoms with Crippen LogP contribution >= 0.6 is 11.3 Å². The molecule has 2 aromatic carbocycles. The smallest absolute Gasteiger partial charge is 0.119 e. The zero-order chi connectivity index (χ0) is 17.1. The maximum absolute atomic E-state index is 5.49. The molecule has 0 radical (unpaired) electrons. The highest BCUT2D eigenvalue weighted by Gasteiger charge is 2.25. The third kappa shape index (κ3) is 3.43. The zero-order valence-electron chi connectivity index (χ0n) is 14.6. The normalized spacial score (nSPS) is 17.3. The maximum Gasteiger partial charge on any atom is 0.119 e. The number of benzene rings is 2. The van der Waals surface area contributed by atoms with Gasteiger partial charge in [0.15, 0.2) is 0 Å². The highest BCUT2D eigenvalue weighted by atomic mass is 32.1. The molecule has 0 aliphatic carbocycles. The van der Waals surface area contributed by atoms with Gasteiger partial charge in [-0.15, -0.1) is 11.3 Å². The van der Waals surface area contributed by atoms with E-state index in [2.05, 4.69) is 58.1 Å². The van der Waals surface area contributed by atoms with Crippen molar-refractivity contribution < 1.29 is 4.74 Å². The summed E-state index contributed by atoms with van der Waals surface area (Å²) in [6.45, 7) is 4.32. The molecule has 1 atom stereocenters. The number of nitrogens with zero attached hydrogens (tertiary/aromatic N) is 1. The summed E-state index contributed by atoms with van der Waals surface area (Å²) in [5.74, 6) is 0.926. The van der Waals surface area contributed by atoms with Crippen LogP contribution in [0.2, 0.25) is 0 Å². The molecular formula is C21H24N2OS. The standard InChI is InChI=1S/C21H24N2OS/c1-24-17-7-4-6-16(14-17)21(23-12-5-10-22-11-13-23)19-15-25-20-9-3-2-8-18(19)20/h2-4,6-9,14-15,21-22H,5,10-13H2,1H3. The van der Waals surface area contributed by atoms with E-state index >= 15 is 0 Å². The Morgan fingerprint density at radius 1 is 1.08 bits per heavy atom. The number of nitrogens with one attached hydrogen (secondary N) is 1. The van der Waals surface area contributed by atoms with Gasteiger partial charge in [-0.1, -0.05) is 30.3 Å². The van der Waals surface area contributed by atoms with Crippen LogP contribution in [0.5, 0.6) is 5.75 Å². The summed E-state index contributed by atoms with van der Waals surface area (Å²) in [7, 11) is 1.74. The molecular weight excluding hydrogens is 328 g/mol. The molecule has 0 saturated carbocycles. The van der Waals surface area contributed by atoms with E-state index in [0.717, 1.165) is 31.9 Å². The second-order valence-electron chi connectivity index (χ2n) is 6.51. The molecule has 1 aromatic heterocycles. The molecule has 0 bridgehead atoms. The Balaban J connectivity index is 1.82. The Kier molecular flexibility index (Phi) is 5.02. The summed E-state index contributed by atoms with van der Waals surface area (Å²) in [6, 6.07) is 17.6. The highest BCUT2D eigenvalue weighted by Crippen LogP contribution is 2.38. The molecule has 1 unspecified atom stereocenters. The van der Waals surface area contributed by atoms with Gasteiger partial charge >= 0.3 is 0 Å². The van der Waals surface area contributed by atoms with Crippen molar-refractivity contribution in [1.29, 1.82) is 0 Å². The zero-order valence-corrected chi connectivity index (χ0v) is 15.4. The van der Waals surface area contributed by atoms with E-state index in [9.17, 15) is 0 Å². The molecule has 0 spiro atoms. The van der Waals surface area contributed by atoms with Gasteiger partial charge in [0.05, 0.1) is 13.2 Å². The average molecular weight is 353 g/mol. The van der Waals surface area contributed by atoms with Crippen molar-refractivity contribution in [3.05, 3.63) is 65.0 Å². The van der Waals surface area contributed by atoms with E-state index in [1.807, 2.05) is 17.4 Å². The van der Waals surface area contributed by atoms with Crippen LogP contribution in [0, 0.1) is 0 Å². The van der Waals surface area contributed by atoms with Crippen LogP contribution in [0.15, 0.2) is 53.9 Å². The Morgan fingerprint density at radius 2 is 2.00 bits per heavy atom. The van der Waals surface area contributed by atoms with Gasteiger partial charge in [-0.2, -0.15) is 0 Å². The van der Waals surface area contributed by atoms with E-state index in [1.165, 1.54) is 27.6 Å². The number of ether oxygens (including phenoxy) is 1. The van der Waals surface area contributed by atoms with Gasteiger partial charge in [-0.3, -0.25) is 4.90 Å². The third-order valence-electron chi connectivity index (χ3n) is 4.95. The van der Waals surface area contributed by atoms with Gasteiger partial charge in [0, 0.05) is 24.3 Å². The van der Waals surface area contributed by atoms with Crippen LogP contribution in [0.25, 0.3) is 10.1 Å². The minimum Gasteiger partial charge on any atom is -0.497 e. The minimum absolute atomic E-state index is 0.270. The first-order chi connectivity index (χ1) is 12.4. The van der Waals surface area contributed by atoms with Crippen LogP contribution in [0.4, 0.5) is 0 Å². The molecule has 2 heterocycles. The fraction of sp³-hybridized carbons (Fsp3) is 0.333. The second-order valence-corrected chi connectivity index (χ2v) is 7.42. The van der Waals surface area contributed by atoms with Crippen molar-refractivity contribution in [3.8, 4) is 5.75 Å². The fourth-order valence-corrected chi connectivity index (χ4v) is 4.71. The lowest BCUT2D eigenvalue weighted by Crippen LogP contribution is -2.32.